The summed E-state index contributed by atoms with van der Waals surface area (Å²) in [5.74, 6) is 4.12. The summed E-state index contributed by atoms with van der Waals surface area (Å²) < 4.78 is 0. The average molecular weight is 266 g/mol. The van der Waals surface area contributed by atoms with Crippen molar-refractivity contribution in [1.82, 2.24) is 15.0 Å². The van der Waals surface area contributed by atoms with Crippen LogP contribution in [0.5, 0.6) is 0 Å². The van der Waals surface area contributed by atoms with E-state index in [1.54, 1.807) is 0 Å². The van der Waals surface area contributed by atoms with E-state index in [4.69, 9.17) is 5.84 Å². The van der Waals surface area contributed by atoms with Gasteiger partial charge in [-0.3, -0.25) is 14.4 Å². The molecule has 1 rings (SSSR count). The number of hydrazine groups is 1. The van der Waals surface area contributed by atoms with Crippen molar-refractivity contribution in [1.29, 1.82) is 0 Å². The maximum atomic E-state index is 11.7. The Kier molecular flexibility index (Phi) is 5.37. The topological polar surface area (TPSA) is 109 Å². The molecule has 2 amide bonds. The van der Waals surface area contributed by atoms with Crippen LogP contribution in [0.25, 0.3) is 0 Å². The molecule has 0 aliphatic heterocycles. The largest absolute Gasteiger partial charge is 0.342 e. The van der Waals surface area contributed by atoms with Crippen molar-refractivity contribution in [3.05, 3.63) is 18.2 Å². The molecule has 7 heteroatoms. The van der Waals surface area contributed by atoms with Crippen LogP contribution in [-0.4, -0.2) is 32.6 Å². The SMILES string of the molecule is CC(C)CCC(=O)N(N)C(=O)CC(=O)c1ncc[nH]1. The molecular formula is C12H18N4O3. The second-order valence-corrected chi connectivity index (χ2v) is 4.63. The predicted octanol–water partition coefficient (Wildman–Crippen LogP) is 0.648. The fraction of sp³-hybridized carbons (Fsp3) is 0.500. The Morgan fingerprint density at radius 2 is 2.05 bits per heavy atom. The smallest absolute Gasteiger partial charge is 0.251 e. The van der Waals surface area contributed by atoms with Crippen LogP contribution in [0, 0.1) is 5.92 Å². The number of nitrogens with zero attached hydrogens (tertiary/aromatic N) is 2. The fourth-order valence-corrected chi connectivity index (χ4v) is 1.40. The summed E-state index contributed by atoms with van der Waals surface area (Å²) in [6, 6.07) is 0. The van der Waals surface area contributed by atoms with Crippen molar-refractivity contribution in [2.75, 3.05) is 0 Å². The first-order chi connectivity index (χ1) is 8.91. The third-order valence-corrected chi connectivity index (χ3v) is 2.55. The van der Waals surface area contributed by atoms with Crippen LogP contribution in [0.2, 0.25) is 0 Å². The van der Waals surface area contributed by atoms with E-state index < -0.39 is 24.0 Å². The quantitative estimate of drug-likeness (QED) is 0.258. The van der Waals surface area contributed by atoms with Gasteiger partial charge >= 0.3 is 0 Å². The molecule has 19 heavy (non-hydrogen) atoms. The van der Waals surface area contributed by atoms with Gasteiger partial charge in [-0.05, 0) is 12.3 Å². The minimum atomic E-state index is -0.727. The van der Waals surface area contributed by atoms with Gasteiger partial charge in [-0.2, -0.15) is 0 Å². The fourth-order valence-electron chi connectivity index (χ4n) is 1.40. The van der Waals surface area contributed by atoms with Gasteiger partial charge in [-0.15, -0.1) is 0 Å². The van der Waals surface area contributed by atoms with Gasteiger partial charge in [-0.1, -0.05) is 13.8 Å². The number of ketones is 1. The minimum Gasteiger partial charge on any atom is -0.342 e. The second kappa shape index (κ2) is 6.79. The second-order valence-electron chi connectivity index (χ2n) is 4.63. The molecule has 0 atom stereocenters. The Labute approximate surface area is 111 Å². The minimum absolute atomic E-state index is 0.0800. The lowest BCUT2D eigenvalue weighted by molar-refractivity contribution is -0.144. The third kappa shape index (κ3) is 4.63. The van der Waals surface area contributed by atoms with Crippen LogP contribution in [0.4, 0.5) is 0 Å². The molecule has 1 heterocycles. The number of amides is 2. The van der Waals surface area contributed by atoms with Gasteiger partial charge in [0.05, 0.1) is 6.42 Å². The number of H-pyrrole nitrogens is 1. The van der Waals surface area contributed by atoms with E-state index in [-0.39, 0.29) is 12.2 Å². The van der Waals surface area contributed by atoms with Crippen LogP contribution in [0.1, 0.15) is 43.7 Å². The molecule has 0 saturated heterocycles. The normalized spacial score (nSPS) is 10.5. The van der Waals surface area contributed by atoms with Gasteiger partial charge in [0.15, 0.2) is 5.82 Å². The number of hydrogen-bond acceptors (Lipinski definition) is 5. The molecule has 0 aliphatic carbocycles. The van der Waals surface area contributed by atoms with E-state index in [2.05, 4.69) is 9.97 Å². The van der Waals surface area contributed by atoms with Gasteiger partial charge in [0.25, 0.3) is 5.91 Å². The molecule has 104 valence electrons. The van der Waals surface area contributed by atoms with Crippen molar-refractivity contribution in [3.63, 3.8) is 0 Å². The summed E-state index contributed by atoms with van der Waals surface area (Å²) in [6.45, 7) is 3.94. The molecule has 0 radical (unpaired) electrons. The van der Waals surface area contributed by atoms with Crippen LogP contribution in [0.15, 0.2) is 12.4 Å². The lowest BCUT2D eigenvalue weighted by Crippen LogP contribution is -2.43. The van der Waals surface area contributed by atoms with Gasteiger partial charge < -0.3 is 4.98 Å². The third-order valence-electron chi connectivity index (χ3n) is 2.55. The van der Waals surface area contributed by atoms with Crippen LogP contribution in [-0.2, 0) is 9.59 Å². The van der Waals surface area contributed by atoms with E-state index in [0.717, 1.165) is 0 Å². The molecule has 0 aliphatic rings. The zero-order chi connectivity index (χ0) is 14.4. The number of Topliss-reactive ketones (excluding diaryl/α,β-unsaturated/α-hetero) is 1. The zero-order valence-electron chi connectivity index (χ0n) is 11.0. The highest BCUT2D eigenvalue weighted by molar-refractivity contribution is 6.08. The summed E-state index contributed by atoms with van der Waals surface area (Å²) in [5.41, 5.74) is 0. The summed E-state index contributed by atoms with van der Waals surface area (Å²) in [5, 5.41) is 0.517. The van der Waals surface area contributed by atoms with Crippen LogP contribution in [0.3, 0.4) is 0 Å². The molecule has 0 spiro atoms. The highest BCUT2D eigenvalue weighted by Gasteiger charge is 2.22. The van der Waals surface area contributed by atoms with Gasteiger partial charge in [0.1, 0.15) is 0 Å². The lowest BCUT2D eigenvalue weighted by Gasteiger charge is -2.14. The van der Waals surface area contributed by atoms with Crippen molar-refractivity contribution in [2.45, 2.75) is 33.1 Å². The Balaban J connectivity index is 2.48. The first-order valence-electron chi connectivity index (χ1n) is 6.05. The molecule has 3 N–H and O–H groups in total. The van der Waals surface area contributed by atoms with Crippen molar-refractivity contribution in [3.8, 4) is 0 Å². The van der Waals surface area contributed by atoms with E-state index >= 15 is 0 Å². The van der Waals surface area contributed by atoms with Gasteiger partial charge in [0, 0.05) is 18.8 Å². The summed E-state index contributed by atoms with van der Waals surface area (Å²) in [6.07, 6.45) is 3.25. The first-order valence-corrected chi connectivity index (χ1v) is 6.05. The number of nitrogens with two attached hydrogens (primary N) is 1. The number of aromatic nitrogens is 2. The lowest BCUT2D eigenvalue weighted by atomic mass is 10.1. The summed E-state index contributed by atoms with van der Waals surface area (Å²) >= 11 is 0. The molecule has 7 nitrogen and oxygen atoms in total. The van der Waals surface area contributed by atoms with Crippen molar-refractivity contribution >= 4 is 17.6 Å². The summed E-state index contributed by atoms with van der Waals surface area (Å²) in [4.78, 5) is 41.2. The Morgan fingerprint density at radius 3 is 2.58 bits per heavy atom. The Morgan fingerprint density at radius 1 is 1.37 bits per heavy atom. The molecule has 0 unspecified atom stereocenters. The number of aromatic amines is 1. The molecule has 0 aromatic carbocycles. The van der Waals surface area contributed by atoms with Crippen LogP contribution >= 0.6 is 0 Å². The molecule has 0 bridgehead atoms. The number of carbonyl (C=O) groups is 3. The highest BCUT2D eigenvalue weighted by atomic mass is 16.2. The number of rotatable bonds is 6. The number of hydrogen-bond donors (Lipinski definition) is 2. The molecule has 0 fully saturated rings. The Hall–Kier alpha value is -2.02. The maximum absolute atomic E-state index is 11.7. The highest BCUT2D eigenvalue weighted by Crippen LogP contribution is 2.06. The molecule has 1 aromatic heterocycles. The first kappa shape index (κ1) is 15.0. The number of imidazole rings is 1. The van der Waals surface area contributed by atoms with Crippen molar-refractivity contribution < 1.29 is 14.4 Å². The van der Waals surface area contributed by atoms with E-state index in [1.807, 2.05) is 13.8 Å². The number of nitrogens with one attached hydrogen (secondary N) is 1. The van der Waals surface area contributed by atoms with E-state index in [0.29, 0.717) is 17.3 Å². The molecule has 1 aromatic rings. The monoisotopic (exact) mass is 266 g/mol. The number of imide groups is 1. The van der Waals surface area contributed by atoms with Crippen molar-refractivity contribution in [2.24, 2.45) is 11.8 Å². The number of carbonyl (C=O) groups excluding carboxylic acids is 3. The van der Waals surface area contributed by atoms with Gasteiger partial charge in [0.2, 0.25) is 11.7 Å². The standard InChI is InChI=1S/C12H18N4O3/c1-8(2)3-4-10(18)16(13)11(19)7-9(17)12-14-5-6-15-12/h5-6,8H,3-4,7,13H2,1-2H3,(H,14,15). The van der Waals surface area contributed by atoms with E-state index in [1.165, 1.54) is 12.4 Å². The predicted molar refractivity (Wildman–Crippen MR) is 67.6 cm³/mol. The van der Waals surface area contributed by atoms with Gasteiger partial charge in [-0.25, -0.2) is 15.8 Å². The maximum Gasteiger partial charge on any atom is 0.251 e. The van der Waals surface area contributed by atoms with Crippen LogP contribution < -0.4 is 5.84 Å². The molecular weight excluding hydrogens is 248 g/mol. The van der Waals surface area contributed by atoms with E-state index in [9.17, 15) is 14.4 Å². The summed E-state index contributed by atoms with van der Waals surface area (Å²) in [7, 11) is 0. The Bertz CT molecular complexity index is 454. The average Bonchev–Trinajstić information content (AvgIpc) is 2.88. The molecule has 0 saturated carbocycles. The zero-order valence-corrected chi connectivity index (χ0v) is 11.0.